The van der Waals surface area contributed by atoms with Crippen LogP contribution < -0.4 is 5.32 Å². The van der Waals surface area contributed by atoms with Gasteiger partial charge in [0.25, 0.3) is 11.8 Å². The van der Waals surface area contributed by atoms with Crippen molar-refractivity contribution in [3.8, 4) is 0 Å². The van der Waals surface area contributed by atoms with E-state index in [1.54, 1.807) is 6.07 Å². The maximum absolute atomic E-state index is 13.5. The molecule has 0 aliphatic carbocycles. The van der Waals surface area contributed by atoms with E-state index in [-0.39, 0.29) is 24.9 Å². The van der Waals surface area contributed by atoms with E-state index in [1.807, 2.05) is 0 Å². The average molecular weight is 277 g/mol. The molecular weight excluding hydrogens is 258 g/mol. The van der Waals surface area contributed by atoms with Gasteiger partial charge < -0.3 is 5.32 Å². The monoisotopic (exact) mass is 277 g/mol. The van der Waals surface area contributed by atoms with E-state index < -0.39 is 18.4 Å². The van der Waals surface area contributed by atoms with E-state index in [0.29, 0.717) is 5.56 Å². The maximum atomic E-state index is 13.5. The van der Waals surface area contributed by atoms with Crippen LogP contribution in [0.3, 0.4) is 0 Å². The van der Waals surface area contributed by atoms with Gasteiger partial charge in [-0.05, 0) is 11.6 Å². The third-order valence-corrected chi connectivity index (χ3v) is 3.02. The van der Waals surface area contributed by atoms with E-state index in [9.17, 15) is 17.6 Å². The molecule has 108 valence electrons. The highest BCUT2D eigenvalue weighted by molar-refractivity contribution is 5.26. The molecule has 0 aromatic heterocycles. The Morgan fingerprint density at radius 3 is 2.32 bits per heavy atom. The molecule has 0 amide bonds. The number of benzene rings is 1. The topological polar surface area (TPSA) is 12.0 Å². The van der Waals surface area contributed by atoms with E-state index in [0.717, 1.165) is 0 Å². The van der Waals surface area contributed by atoms with Gasteiger partial charge in [0.05, 0.1) is 6.54 Å². The lowest BCUT2D eigenvalue weighted by Gasteiger charge is -2.17. The predicted molar refractivity (Wildman–Crippen MR) is 67.6 cm³/mol. The van der Waals surface area contributed by atoms with Gasteiger partial charge in [0.2, 0.25) is 0 Å². The van der Waals surface area contributed by atoms with Gasteiger partial charge in [-0.1, -0.05) is 32.0 Å². The van der Waals surface area contributed by atoms with Crippen LogP contribution in [0.25, 0.3) is 0 Å². The number of hydrogen-bond acceptors (Lipinski definition) is 1. The van der Waals surface area contributed by atoms with Crippen molar-refractivity contribution in [3.63, 3.8) is 0 Å². The van der Waals surface area contributed by atoms with Crippen LogP contribution in [0.2, 0.25) is 0 Å². The summed E-state index contributed by atoms with van der Waals surface area (Å²) in [6.45, 7) is 2.53. The number of alkyl halides is 4. The molecule has 0 heterocycles. The summed E-state index contributed by atoms with van der Waals surface area (Å²) in [6.07, 6.45) is -0.522. The molecule has 19 heavy (non-hydrogen) atoms. The third-order valence-electron chi connectivity index (χ3n) is 3.02. The normalized spacial score (nSPS) is 12.7. The second-order valence-corrected chi connectivity index (χ2v) is 4.57. The standard InChI is InChI=1S/C14H19F4N/c1-3-13(15,16)10-19-9-11-6-5-7-12(8-11)14(17,18)4-2/h5-8,19H,3-4,9-10H2,1-2H3. The largest absolute Gasteiger partial charge is 0.307 e. The molecule has 1 aromatic carbocycles. The molecule has 0 bridgehead atoms. The summed E-state index contributed by atoms with van der Waals surface area (Å²) in [4.78, 5) is 0. The van der Waals surface area contributed by atoms with Gasteiger partial charge in [-0.3, -0.25) is 0 Å². The van der Waals surface area contributed by atoms with Crippen LogP contribution in [0.4, 0.5) is 17.6 Å². The second-order valence-electron chi connectivity index (χ2n) is 4.57. The molecule has 5 heteroatoms. The Balaban J connectivity index is 2.63. The maximum Gasteiger partial charge on any atom is 0.273 e. The molecule has 0 atom stereocenters. The fourth-order valence-corrected chi connectivity index (χ4v) is 1.63. The molecule has 1 nitrogen and oxygen atoms in total. The fraction of sp³-hybridized carbons (Fsp3) is 0.571. The first-order chi connectivity index (χ1) is 8.80. The lowest BCUT2D eigenvalue weighted by Crippen LogP contribution is -2.31. The lowest BCUT2D eigenvalue weighted by molar-refractivity contribution is -0.00866. The third kappa shape index (κ3) is 4.82. The Labute approximate surface area is 111 Å². The van der Waals surface area contributed by atoms with Gasteiger partial charge in [-0.25, -0.2) is 17.6 Å². The number of nitrogens with one attached hydrogen (secondary N) is 1. The van der Waals surface area contributed by atoms with Crippen molar-refractivity contribution in [3.05, 3.63) is 35.4 Å². The van der Waals surface area contributed by atoms with E-state index >= 15 is 0 Å². The van der Waals surface area contributed by atoms with Crippen LogP contribution in [-0.4, -0.2) is 12.5 Å². The van der Waals surface area contributed by atoms with Crippen molar-refractivity contribution in [1.82, 2.24) is 5.32 Å². The van der Waals surface area contributed by atoms with Crippen molar-refractivity contribution >= 4 is 0 Å². The van der Waals surface area contributed by atoms with Gasteiger partial charge in [0.15, 0.2) is 0 Å². The van der Waals surface area contributed by atoms with Crippen molar-refractivity contribution in [1.29, 1.82) is 0 Å². The van der Waals surface area contributed by atoms with Crippen LogP contribution in [-0.2, 0) is 12.5 Å². The summed E-state index contributed by atoms with van der Waals surface area (Å²) in [7, 11) is 0. The van der Waals surface area contributed by atoms with E-state index in [2.05, 4.69) is 5.32 Å². The van der Waals surface area contributed by atoms with Crippen molar-refractivity contribution < 1.29 is 17.6 Å². The first-order valence-corrected chi connectivity index (χ1v) is 6.36. The summed E-state index contributed by atoms with van der Waals surface area (Å²) in [6, 6.07) is 5.88. The zero-order chi connectivity index (χ0) is 14.5. The van der Waals surface area contributed by atoms with Gasteiger partial charge in [0, 0.05) is 24.9 Å². The van der Waals surface area contributed by atoms with Gasteiger partial charge >= 0.3 is 0 Å². The Morgan fingerprint density at radius 2 is 1.74 bits per heavy atom. The summed E-state index contributed by atoms with van der Waals surface area (Å²) in [5, 5.41) is 2.59. The molecule has 0 radical (unpaired) electrons. The molecule has 0 unspecified atom stereocenters. The molecule has 1 rings (SSSR count). The minimum atomic E-state index is -2.87. The van der Waals surface area contributed by atoms with Gasteiger partial charge in [-0.2, -0.15) is 0 Å². The molecule has 1 aromatic rings. The Kier molecular flexibility index (Phi) is 5.35. The highest BCUT2D eigenvalue weighted by atomic mass is 19.3. The molecule has 0 saturated heterocycles. The SMILES string of the molecule is CCC(F)(F)CNCc1cccc(C(F)(F)CC)c1. The van der Waals surface area contributed by atoms with Crippen molar-refractivity contribution in [2.75, 3.05) is 6.54 Å². The Morgan fingerprint density at radius 1 is 1.05 bits per heavy atom. The molecule has 0 aliphatic heterocycles. The highest BCUT2D eigenvalue weighted by Crippen LogP contribution is 2.31. The second kappa shape index (κ2) is 6.37. The van der Waals surface area contributed by atoms with E-state index in [4.69, 9.17) is 0 Å². The van der Waals surface area contributed by atoms with Crippen molar-refractivity contribution in [2.45, 2.75) is 45.1 Å². The van der Waals surface area contributed by atoms with Crippen molar-refractivity contribution in [2.24, 2.45) is 0 Å². The summed E-state index contributed by atoms with van der Waals surface area (Å²) in [5.41, 5.74) is 0.508. The first-order valence-electron chi connectivity index (χ1n) is 6.36. The Bertz CT molecular complexity index is 404. The number of rotatable bonds is 7. The quantitative estimate of drug-likeness (QED) is 0.732. The van der Waals surface area contributed by atoms with Crippen LogP contribution in [0.15, 0.2) is 24.3 Å². The fourth-order valence-electron chi connectivity index (χ4n) is 1.63. The van der Waals surface area contributed by atoms with Gasteiger partial charge in [0.1, 0.15) is 0 Å². The predicted octanol–water partition coefficient (Wildman–Crippen LogP) is 4.32. The minimum absolute atomic E-state index is 0.0726. The average Bonchev–Trinajstić information content (AvgIpc) is 2.39. The number of hydrogen-bond donors (Lipinski definition) is 1. The van der Waals surface area contributed by atoms with Crippen LogP contribution in [0, 0.1) is 0 Å². The highest BCUT2D eigenvalue weighted by Gasteiger charge is 2.29. The zero-order valence-corrected chi connectivity index (χ0v) is 11.1. The molecule has 1 N–H and O–H groups in total. The zero-order valence-electron chi connectivity index (χ0n) is 11.1. The van der Waals surface area contributed by atoms with Gasteiger partial charge in [-0.15, -0.1) is 0 Å². The first kappa shape index (κ1) is 16.0. The molecule has 0 saturated carbocycles. The smallest absolute Gasteiger partial charge is 0.273 e. The molecule has 0 fully saturated rings. The molecule has 0 spiro atoms. The van der Waals surface area contributed by atoms with E-state index in [1.165, 1.54) is 32.0 Å². The molecular formula is C14H19F4N. The lowest BCUT2D eigenvalue weighted by atomic mass is 10.0. The van der Waals surface area contributed by atoms with Crippen LogP contribution in [0.1, 0.15) is 37.8 Å². The summed E-state index contributed by atoms with van der Waals surface area (Å²) in [5.74, 6) is -5.63. The van der Waals surface area contributed by atoms with Crippen LogP contribution in [0.5, 0.6) is 0 Å². The van der Waals surface area contributed by atoms with Crippen LogP contribution >= 0.6 is 0 Å². The Hall–Kier alpha value is -1.10. The number of halogens is 4. The summed E-state index contributed by atoms with van der Waals surface area (Å²) >= 11 is 0. The minimum Gasteiger partial charge on any atom is -0.307 e. The summed E-state index contributed by atoms with van der Waals surface area (Å²) < 4.78 is 53.0. The molecule has 0 aliphatic rings.